The Bertz CT molecular complexity index is 925. The lowest BCUT2D eigenvalue weighted by Gasteiger charge is -2.23. The molecule has 0 saturated heterocycles. The minimum Gasteiger partial charge on any atom is -0.495 e. The summed E-state index contributed by atoms with van der Waals surface area (Å²) in [5, 5.41) is 0. The number of benzene rings is 2. The van der Waals surface area contributed by atoms with Crippen LogP contribution < -0.4 is 9.04 Å². The van der Waals surface area contributed by atoms with E-state index in [9.17, 15) is 13.2 Å². The van der Waals surface area contributed by atoms with Crippen LogP contribution in [0.4, 0.5) is 5.69 Å². The van der Waals surface area contributed by atoms with Gasteiger partial charge in [0.2, 0.25) is 0 Å². The molecule has 0 radical (unpaired) electrons. The Balaban J connectivity index is 2.47. The number of nitrogens with zero attached hydrogens (tertiary/aromatic N) is 2. The molecule has 0 spiro atoms. The maximum absolute atomic E-state index is 13.1. The van der Waals surface area contributed by atoms with E-state index in [0.29, 0.717) is 23.5 Å². The summed E-state index contributed by atoms with van der Waals surface area (Å²) in [7, 11) is 0.824. The fourth-order valence-electron chi connectivity index (χ4n) is 2.81. The summed E-state index contributed by atoms with van der Waals surface area (Å²) >= 11 is 0. The van der Waals surface area contributed by atoms with Crippen molar-refractivity contribution in [3.63, 3.8) is 0 Å². The zero-order chi connectivity index (χ0) is 20.2. The molecule has 0 heterocycles. The van der Waals surface area contributed by atoms with Crippen molar-refractivity contribution in [2.24, 2.45) is 0 Å². The van der Waals surface area contributed by atoms with Crippen LogP contribution in [-0.4, -0.2) is 47.0 Å². The number of rotatable bonds is 7. The van der Waals surface area contributed by atoms with Crippen molar-refractivity contribution in [3.05, 3.63) is 53.6 Å². The van der Waals surface area contributed by atoms with Crippen molar-refractivity contribution in [1.82, 2.24) is 4.90 Å². The molecule has 0 atom stereocenters. The molecule has 1 amide bonds. The molecule has 0 saturated carbocycles. The van der Waals surface area contributed by atoms with E-state index in [1.54, 1.807) is 49.2 Å². The van der Waals surface area contributed by atoms with Crippen LogP contribution in [-0.2, 0) is 10.0 Å². The fraction of sp³-hybridized carbons (Fsp3) is 0.350. The second kappa shape index (κ2) is 8.43. The molecule has 0 bridgehead atoms. The van der Waals surface area contributed by atoms with Crippen LogP contribution in [0.3, 0.4) is 0 Å². The Morgan fingerprint density at radius 1 is 1.11 bits per heavy atom. The molecule has 7 heteroatoms. The predicted molar refractivity (Wildman–Crippen MR) is 107 cm³/mol. The first kappa shape index (κ1) is 20.8. The largest absolute Gasteiger partial charge is 0.495 e. The van der Waals surface area contributed by atoms with Crippen LogP contribution in [0.15, 0.2) is 47.4 Å². The molecule has 0 fully saturated rings. The molecule has 6 nitrogen and oxygen atoms in total. The average Bonchev–Trinajstić information content (AvgIpc) is 2.67. The van der Waals surface area contributed by atoms with Gasteiger partial charge in [-0.15, -0.1) is 0 Å². The van der Waals surface area contributed by atoms with Gasteiger partial charge < -0.3 is 9.64 Å². The molecule has 0 aliphatic heterocycles. The van der Waals surface area contributed by atoms with Gasteiger partial charge in [-0.2, -0.15) is 0 Å². The van der Waals surface area contributed by atoms with E-state index >= 15 is 0 Å². The van der Waals surface area contributed by atoms with Crippen molar-refractivity contribution >= 4 is 21.6 Å². The molecular weight excluding hydrogens is 364 g/mol. The normalized spacial score (nSPS) is 11.1. The third kappa shape index (κ3) is 4.24. The molecule has 0 aliphatic rings. The maximum atomic E-state index is 13.1. The van der Waals surface area contributed by atoms with E-state index in [1.165, 1.54) is 30.6 Å². The third-order valence-electron chi connectivity index (χ3n) is 4.43. The maximum Gasteiger partial charge on any atom is 0.264 e. The van der Waals surface area contributed by atoms with Crippen LogP contribution in [0.25, 0.3) is 0 Å². The van der Waals surface area contributed by atoms with Crippen LogP contribution in [0.1, 0.15) is 29.3 Å². The van der Waals surface area contributed by atoms with Crippen molar-refractivity contribution < 1.29 is 17.9 Å². The van der Waals surface area contributed by atoms with E-state index in [0.717, 1.165) is 12.0 Å². The summed E-state index contributed by atoms with van der Waals surface area (Å²) in [6.07, 6.45) is 0.829. The number of aryl methyl sites for hydroxylation is 1. The number of carbonyl (C=O) groups is 1. The van der Waals surface area contributed by atoms with Crippen molar-refractivity contribution in [1.29, 1.82) is 0 Å². The molecule has 2 aromatic rings. The SMILES string of the molecule is CCCN(C)C(=O)c1cc(S(=O)(=O)N(C)c2ccccc2OC)ccc1C. The van der Waals surface area contributed by atoms with Gasteiger partial charge in [0.15, 0.2) is 0 Å². The minimum absolute atomic E-state index is 0.0646. The smallest absolute Gasteiger partial charge is 0.264 e. The van der Waals surface area contributed by atoms with Crippen LogP contribution in [0.2, 0.25) is 0 Å². The number of anilines is 1. The summed E-state index contributed by atoms with van der Waals surface area (Å²) < 4.78 is 32.7. The molecular formula is C20H26N2O4S. The number of hydrogen-bond donors (Lipinski definition) is 0. The number of sulfonamides is 1. The first-order valence-electron chi connectivity index (χ1n) is 8.72. The number of carbonyl (C=O) groups excluding carboxylic acids is 1. The van der Waals surface area contributed by atoms with E-state index in [-0.39, 0.29) is 10.8 Å². The molecule has 0 unspecified atom stereocenters. The van der Waals surface area contributed by atoms with Crippen molar-refractivity contribution in [3.8, 4) is 5.75 Å². The van der Waals surface area contributed by atoms with Crippen LogP contribution >= 0.6 is 0 Å². The van der Waals surface area contributed by atoms with Gasteiger partial charge in [-0.1, -0.05) is 25.1 Å². The summed E-state index contributed by atoms with van der Waals surface area (Å²) in [5.74, 6) is 0.265. The highest BCUT2D eigenvalue weighted by atomic mass is 32.2. The zero-order valence-electron chi connectivity index (χ0n) is 16.4. The third-order valence-corrected chi connectivity index (χ3v) is 6.20. The fourth-order valence-corrected chi connectivity index (χ4v) is 4.04. The summed E-state index contributed by atoms with van der Waals surface area (Å²) in [6.45, 7) is 4.39. The van der Waals surface area contributed by atoms with Crippen LogP contribution in [0.5, 0.6) is 5.75 Å². The molecule has 0 N–H and O–H groups in total. The zero-order valence-corrected chi connectivity index (χ0v) is 17.2. The average molecular weight is 391 g/mol. The van der Waals surface area contributed by atoms with Gasteiger partial charge in [-0.05, 0) is 43.2 Å². The minimum atomic E-state index is -3.85. The second-order valence-electron chi connectivity index (χ2n) is 6.35. The second-order valence-corrected chi connectivity index (χ2v) is 8.32. The van der Waals surface area contributed by atoms with Gasteiger partial charge in [0, 0.05) is 26.2 Å². The Morgan fingerprint density at radius 2 is 1.78 bits per heavy atom. The van der Waals surface area contributed by atoms with Gasteiger partial charge >= 0.3 is 0 Å². The molecule has 146 valence electrons. The van der Waals surface area contributed by atoms with Gasteiger partial charge in [0.25, 0.3) is 15.9 Å². The lowest BCUT2D eigenvalue weighted by atomic mass is 10.1. The van der Waals surface area contributed by atoms with E-state index < -0.39 is 10.0 Å². The lowest BCUT2D eigenvalue weighted by molar-refractivity contribution is 0.0794. The van der Waals surface area contributed by atoms with Gasteiger partial charge in [0.1, 0.15) is 5.75 Å². The van der Waals surface area contributed by atoms with Gasteiger partial charge in [0.05, 0.1) is 17.7 Å². The van der Waals surface area contributed by atoms with Gasteiger partial charge in [-0.25, -0.2) is 8.42 Å². The molecule has 27 heavy (non-hydrogen) atoms. The number of amides is 1. The monoisotopic (exact) mass is 390 g/mol. The Hall–Kier alpha value is -2.54. The first-order chi connectivity index (χ1) is 12.7. The highest BCUT2D eigenvalue weighted by molar-refractivity contribution is 7.92. The van der Waals surface area contributed by atoms with E-state index in [1.807, 2.05) is 6.92 Å². The molecule has 0 aliphatic carbocycles. The van der Waals surface area contributed by atoms with E-state index in [4.69, 9.17) is 4.74 Å². The summed E-state index contributed by atoms with van der Waals surface area (Å²) in [4.78, 5) is 14.3. The Kier molecular flexibility index (Phi) is 6.49. The van der Waals surface area contributed by atoms with Gasteiger partial charge in [-0.3, -0.25) is 9.10 Å². The Labute approximate surface area is 161 Å². The standard InChI is InChI=1S/C20H26N2O4S/c1-6-13-21(3)20(23)17-14-16(12-11-15(17)2)27(24,25)22(4)18-9-7-8-10-19(18)26-5/h7-12,14H,6,13H2,1-5H3. The molecule has 0 aromatic heterocycles. The van der Waals surface area contributed by atoms with Crippen LogP contribution in [0, 0.1) is 6.92 Å². The number of para-hydroxylation sites is 2. The Morgan fingerprint density at radius 3 is 2.41 bits per heavy atom. The quantitative estimate of drug-likeness (QED) is 0.727. The summed E-state index contributed by atoms with van der Waals surface area (Å²) in [6, 6.07) is 11.5. The molecule has 2 aromatic carbocycles. The van der Waals surface area contributed by atoms with E-state index in [2.05, 4.69) is 0 Å². The number of hydrogen-bond acceptors (Lipinski definition) is 4. The van der Waals surface area contributed by atoms with Crippen molar-refractivity contribution in [2.75, 3.05) is 32.1 Å². The predicted octanol–water partition coefficient (Wildman–Crippen LogP) is 3.31. The topological polar surface area (TPSA) is 66.9 Å². The van der Waals surface area contributed by atoms with Crippen molar-refractivity contribution in [2.45, 2.75) is 25.2 Å². The first-order valence-corrected chi connectivity index (χ1v) is 10.2. The molecule has 2 rings (SSSR count). The number of methoxy groups -OCH3 is 1. The number of ether oxygens (including phenoxy) is 1. The highest BCUT2D eigenvalue weighted by Gasteiger charge is 2.25. The lowest BCUT2D eigenvalue weighted by Crippen LogP contribution is -2.29. The highest BCUT2D eigenvalue weighted by Crippen LogP contribution is 2.31. The summed E-state index contributed by atoms with van der Waals surface area (Å²) in [5.41, 5.74) is 1.55.